The van der Waals surface area contributed by atoms with Crippen molar-refractivity contribution in [3.63, 3.8) is 0 Å². The number of nitrogens with zero attached hydrogens (tertiary/aromatic N) is 2. The molecular weight excluding hydrogens is 422 g/mol. The van der Waals surface area contributed by atoms with Crippen LogP contribution in [0.4, 0.5) is 11.6 Å². The van der Waals surface area contributed by atoms with Gasteiger partial charge in [0.15, 0.2) is 28.4 Å². The Morgan fingerprint density at radius 3 is 2.48 bits per heavy atom. The minimum atomic E-state index is -0.681. The Morgan fingerprint density at radius 1 is 1.10 bits per heavy atom. The molecule has 2 amide bonds. The number of halogens is 1. The Balaban J connectivity index is 1.59. The summed E-state index contributed by atoms with van der Waals surface area (Å²) in [6, 6.07) is 0.274. The molecule has 2 rings (SSSR count). The van der Waals surface area contributed by atoms with E-state index in [0.717, 1.165) is 44.9 Å². The van der Waals surface area contributed by atoms with Crippen LogP contribution < -0.4 is 33.2 Å². The quantitative estimate of drug-likeness (QED) is 0.161. The molecule has 172 valence electrons. The summed E-state index contributed by atoms with van der Waals surface area (Å²) in [5.41, 5.74) is 16.3. The number of unbranched alkanes of at least 4 members (excludes halogenated alkanes) is 1. The fourth-order valence-corrected chi connectivity index (χ4v) is 3.75. The number of carbonyl (C=O) groups is 2. The van der Waals surface area contributed by atoms with Crippen molar-refractivity contribution in [2.75, 3.05) is 24.6 Å². The van der Waals surface area contributed by atoms with E-state index in [4.69, 9.17) is 34.2 Å². The fraction of sp³-hybridized carbons (Fsp3) is 0.632. The van der Waals surface area contributed by atoms with Gasteiger partial charge < -0.3 is 27.8 Å². The zero-order chi connectivity index (χ0) is 22.8. The molecule has 1 aromatic heterocycles. The average Bonchev–Trinajstić information content (AvgIpc) is 2.71. The smallest absolute Gasteiger partial charge is 0.280 e. The molecule has 1 saturated carbocycles. The SMILES string of the molecule is N=C(NCCCCC1CCC(NC(=O)CCN)CC1)NC(=O)c1nc(Cl)c(N)nc1N. The van der Waals surface area contributed by atoms with Gasteiger partial charge >= 0.3 is 0 Å². The predicted octanol–water partition coefficient (Wildman–Crippen LogP) is 0.743. The molecule has 11 nitrogen and oxygen atoms in total. The molecule has 31 heavy (non-hydrogen) atoms. The summed E-state index contributed by atoms with van der Waals surface area (Å²) in [6.45, 7) is 0.946. The van der Waals surface area contributed by atoms with Gasteiger partial charge in [-0.15, -0.1) is 0 Å². The summed E-state index contributed by atoms with van der Waals surface area (Å²) >= 11 is 5.77. The minimum Gasteiger partial charge on any atom is -0.382 e. The van der Waals surface area contributed by atoms with E-state index in [2.05, 4.69) is 25.9 Å². The molecule has 0 radical (unpaired) electrons. The third-order valence-corrected chi connectivity index (χ3v) is 5.56. The van der Waals surface area contributed by atoms with E-state index in [1.165, 1.54) is 0 Å². The maximum absolute atomic E-state index is 12.2. The second-order valence-corrected chi connectivity index (χ2v) is 8.07. The first-order chi connectivity index (χ1) is 14.8. The second-order valence-electron chi connectivity index (χ2n) is 7.71. The van der Waals surface area contributed by atoms with Crippen LogP contribution in [0.15, 0.2) is 0 Å². The largest absolute Gasteiger partial charge is 0.382 e. The maximum Gasteiger partial charge on any atom is 0.280 e. The molecule has 1 heterocycles. The number of amides is 2. The summed E-state index contributed by atoms with van der Waals surface area (Å²) in [7, 11) is 0. The van der Waals surface area contributed by atoms with Crippen LogP contribution in [0.2, 0.25) is 5.15 Å². The lowest BCUT2D eigenvalue weighted by atomic mass is 9.83. The van der Waals surface area contributed by atoms with Gasteiger partial charge in [-0.25, -0.2) is 9.97 Å². The molecule has 12 heteroatoms. The summed E-state index contributed by atoms with van der Waals surface area (Å²) in [5, 5.41) is 16.0. The molecule has 0 saturated heterocycles. The Hall–Kier alpha value is -2.66. The number of aromatic nitrogens is 2. The van der Waals surface area contributed by atoms with Crippen LogP contribution in [0, 0.1) is 11.3 Å². The third kappa shape index (κ3) is 8.18. The molecule has 1 aliphatic rings. The molecule has 0 spiro atoms. The molecular formula is C19H32ClN9O2. The van der Waals surface area contributed by atoms with Crippen molar-refractivity contribution >= 4 is 41.0 Å². The van der Waals surface area contributed by atoms with Crippen molar-refractivity contribution in [2.24, 2.45) is 11.7 Å². The van der Waals surface area contributed by atoms with E-state index in [9.17, 15) is 9.59 Å². The zero-order valence-electron chi connectivity index (χ0n) is 17.5. The molecule has 0 unspecified atom stereocenters. The van der Waals surface area contributed by atoms with Crippen molar-refractivity contribution in [3.8, 4) is 0 Å². The van der Waals surface area contributed by atoms with Gasteiger partial charge in [-0.2, -0.15) is 0 Å². The van der Waals surface area contributed by atoms with Crippen LogP contribution >= 0.6 is 11.6 Å². The zero-order valence-corrected chi connectivity index (χ0v) is 18.3. The van der Waals surface area contributed by atoms with Crippen LogP contribution in [0.5, 0.6) is 0 Å². The van der Waals surface area contributed by atoms with Gasteiger partial charge in [0, 0.05) is 25.6 Å². The Bertz CT molecular complexity index is 782. The normalized spacial score (nSPS) is 18.3. The lowest BCUT2D eigenvalue weighted by Crippen LogP contribution is -2.41. The molecule has 10 N–H and O–H groups in total. The standard InChI is InChI=1S/C19H32ClN9O2/c20-15-17(23)28-16(22)14(27-15)18(31)29-19(24)25-10-2-1-3-11-4-6-12(7-5-11)26-13(30)8-9-21/h11-12H,1-10,21H2,(H,26,30)(H4,22,23,28)(H3,24,25,29,31). The number of nitrogen functional groups attached to an aromatic ring is 2. The van der Waals surface area contributed by atoms with Gasteiger partial charge in [0.25, 0.3) is 5.91 Å². The number of rotatable bonds is 9. The van der Waals surface area contributed by atoms with Crippen molar-refractivity contribution in [3.05, 3.63) is 10.8 Å². The van der Waals surface area contributed by atoms with Crippen molar-refractivity contribution < 1.29 is 9.59 Å². The van der Waals surface area contributed by atoms with Crippen LogP contribution in [-0.2, 0) is 4.79 Å². The lowest BCUT2D eigenvalue weighted by molar-refractivity contribution is -0.121. The Labute approximate surface area is 186 Å². The average molecular weight is 454 g/mol. The number of hydrogen-bond donors (Lipinski definition) is 7. The molecule has 1 fully saturated rings. The van der Waals surface area contributed by atoms with Crippen molar-refractivity contribution in [1.29, 1.82) is 5.41 Å². The first kappa shape index (κ1) is 24.6. The number of anilines is 2. The number of carbonyl (C=O) groups excluding carboxylic acids is 2. The van der Waals surface area contributed by atoms with E-state index in [1.54, 1.807) is 0 Å². The Kier molecular flexibility index (Phi) is 9.73. The first-order valence-corrected chi connectivity index (χ1v) is 10.9. The van der Waals surface area contributed by atoms with Gasteiger partial charge in [0.2, 0.25) is 5.91 Å². The number of hydrogen-bond acceptors (Lipinski definition) is 8. The van der Waals surface area contributed by atoms with E-state index < -0.39 is 5.91 Å². The summed E-state index contributed by atoms with van der Waals surface area (Å²) in [5.74, 6) is -0.332. The third-order valence-electron chi connectivity index (χ3n) is 5.28. The summed E-state index contributed by atoms with van der Waals surface area (Å²) in [4.78, 5) is 31.3. The monoisotopic (exact) mass is 453 g/mol. The van der Waals surface area contributed by atoms with Gasteiger partial charge in [-0.3, -0.25) is 20.3 Å². The van der Waals surface area contributed by atoms with E-state index >= 15 is 0 Å². The van der Waals surface area contributed by atoms with E-state index in [-0.39, 0.29) is 40.4 Å². The number of nitrogens with one attached hydrogen (secondary N) is 4. The predicted molar refractivity (Wildman–Crippen MR) is 120 cm³/mol. The highest BCUT2D eigenvalue weighted by Crippen LogP contribution is 2.28. The fourth-order valence-electron chi connectivity index (χ4n) is 3.62. The van der Waals surface area contributed by atoms with Gasteiger partial charge in [-0.1, -0.05) is 24.4 Å². The molecule has 0 aromatic carbocycles. The number of guanidine groups is 1. The molecule has 0 aliphatic heterocycles. The number of nitrogens with two attached hydrogens (primary N) is 3. The lowest BCUT2D eigenvalue weighted by Gasteiger charge is -2.29. The van der Waals surface area contributed by atoms with Crippen molar-refractivity contribution in [2.45, 2.75) is 57.4 Å². The van der Waals surface area contributed by atoms with Crippen LogP contribution in [0.1, 0.15) is 61.9 Å². The van der Waals surface area contributed by atoms with Crippen LogP contribution in [0.3, 0.4) is 0 Å². The van der Waals surface area contributed by atoms with Crippen molar-refractivity contribution in [1.82, 2.24) is 25.9 Å². The van der Waals surface area contributed by atoms with Gasteiger partial charge in [0.1, 0.15) is 0 Å². The van der Waals surface area contributed by atoms with E-state index in [1.807, 2.05) is 0 Å². The molecule has 0 bridgehead atoms. The van der Waals surface area contributed by atoms with Crippen LogP contribution in [-0.4, -0.2) is 46.9 Å². The summed E-state index contributed by atoms with van der Waals surface area (Å²) in [6.07, 6.45) is 7.64. The topological polar surface area (TPSA) is 198 Å². The molecule has 0 atom stereocenters. The van der Waals surface area contributed by atoms with Gasteiger partial charge in [0.05, 0.1) is 0 Å². The highest BCUT2D eigenvalue weighted by atomic mass is 35.5. The highest BCUT2D eigenvalue weighted by molar-refractivity contribution is 6.31. The van der Waals surface area contributed by atoms with Gasteiger partial charge in [-0.05, 0) is 38.0 Å². The maximum atomic E-state index is 12.2. The minimum absolute atomic E-state index is 0.0424. The van der Waals surface area contributed by atoms with E-state index in [0.29, 0.717) is 25.4 Å². The first-order valence-electron chi connectivity index (χ1n) is 10.5. The molecule has 1 aliphatic carbocycles. The summed E-state index contributed by atoms with van der Waals surface area (Å²) < 4.78 is 0. The molecule has 1 aromatic rings. The Morgan fingerprint density at radius 2 is 1.81 bits per heavy atom. The second kappa shape index (κ2) is 12.3. The van der Waals surface area contributed by atoms with Crippen LogP contribution in [0.25, 0.3) is 0 Å². The highest BCUT2D eigenvalue weighted by Gasteiger charge is 2.22.